The Hall–Kier alpha value is -3.34. The second-order valence-electron chi connectivity index (χ2n) is 7.82. The number of hydrogen-bond acceptors (Lipinski definition) is 5. The van der Waals surface area contributed by atoms with E-state index in [4.69, 9.17) is 4.42 Å². The van der Waals surface area contributed by atoms with Crippen molar-refractivity contribution in [1.29, 1.82) is 0 Å². The largest absolute Gasteiger partial charge is 0.419 e. The normalized spacial score (nSPS) is 16.3. The van der Waals surface area contributed by atoms with Gasteiger partial charge in [0.15, 0.2) is 5.58 Å². The Bertz CT molecular complexity index is 1210. The molecule has 0 bridgehead atoms. The molecule has 1 fully saturated rings. The number of rotatable bonds is 4. The van der Waals surface area contributed by atoms with Gasteiger partial charge in [-0.1, -0.05) is 0 Å². The molecule has 3 aromatic rings. The van der Waals surface area contributed by atoms with Crippen LogP contribution in [-0.4, -0.2) is 34.7 Å². The molecule has 2 aromatic carbocycles. The number of fused-ring (bicyclic) bond motifs is 1. The van der Waals surface area contributed by atoms with Gasteiger partial charge in [-0.2, -0.15) is 13.2 Å². The molecule has 1 aromatic heterocycles. The van der Waals surface area contributed by atoms with E-state index in [0.717, 1.165) is 6.07 Å². The molecule has 32 heavy (non-hydrogen) atoms. The molecule has 11 heteroatoms. The number of halogens is 4. The predicted octanol–water partition coefficient (Wildman–Crippen LogP) is 3.64. The van der Waals surface area contributed by atoms with E-state index < -0.39 is 34.8 Å². The van der Waals surface area contributed by atoms with Gasteiger partial charge in [0.25, 0.3) is 0 Å². The van der Waals surface area contributed by atoms with Crippen molar-refractivity contribution in [3.63, 3.8) is 0 Å². The lowest BCUT2D eigenvalue weighted by Gasteiger charge is -2.39. The number of hydrogen-bond donors (Lipinski definition) is 3. The summed E-state index contributed by atoms with van der Waals surface area (Å²) in [7, 11) is 0. The van der Waals surface area contributed by atoms with Gasteiger partial charge in [-0.3, -0.25) is 9.78 Å². The standard InChI is InChI=1S/C21H19F4N3O4/c22-15-10-13(2-3-14(15)21(23,24)25)28-7-5-20(31,6-8-28)11-18(29)26-12-1-4-16-17(9-12)32-19(30)27-16/h1-4,9-10,31H,5-8,11H2,(H,26,29)(H,27,30). The van der Waals surface area contributed by atoms with E-state index in [1.165, 1.54) is 12.1 Å². The van der Waals surface area contributed by atoms with Crippen LogP contribution in [0.4, 0.5) is 28.9 Å². The molecule has 1 saturated heterocycles. The van der Waals surface area contributed by atoms with Crippen molar-refractivity contribution < 1.29 is 31.9 Å². The Morgan fingerprint density at radius 1 is 1.19 bits per heavy atom. The third kappa shape index (κ3) is 4.62. The Balaban J connectivity index is 1.36. The van der Waals surface area contributed by atoms with Gasteiger partial charge in [0, 0.05) is 30.5 Å². The van der Waals surface area contributed by atoms with Gasteiger partial charge in [0.2, 0.25) is 5.91 Å². The van der Waals surface area contributed by atoms with Gasteiger partial charge in [-0.05, 0) is 43.2 Å². The summed E-state index contributed by atoms with van der Waals surface area (Å²) < 4.78 is 57.0. The quantitative estimate of drug-likeness (QED) is 0.524. The van der Waals surface area contributed by atoms with Gasteiger partial charge in [-0.25, -0.2) is 9.18 Å². The smallest absolute Gasteiger partial charge is 0.408 e. The fourth-order valence-electron chi connectivity index (χ4n) is 3.82. The van der Waals surface area contributed by atoms with Crippen LogP contribution < -0.4 is 16.0 Å². The minimum atomic E-state index is -4.77. The highest BCUT2D eigenvalue weighted by atomic mass is 19.4. The first kappa shape index (κ1) is 21.9. The summed E-state index contributed by atoms with van der Waals surface area (Å²) in [6.07, 6.45) is -4.62. The second kappa shape index (κ2) is 7.97. The summed E-state index contributed by atoms with van der Waals surface area (Å²) >= 11 is 0. The number of amides is 1. The molecule has 1 aliphatic rings. The number of nitrogens with one attached hydrogen (secondary N) is 2. The van der Waals surface area contributed by atoms with Crippen LogP contribution in [-0.2, 0) is 11.0 Å². The fourth-order valence-corrected chi connectivity index (χ4v) is 3.82. The first-order valence-corrected chi connectivity index (χ1v) is 9.79. The van der Waals surface area contributed by atoms with Crippen LogP contribution in [0.3, 0.4) is 0 Å². The van der Waals surface area contributed by atoms with Crippen molar-refractivity contribution >= 4 is 28.4 Å². The number of benzene rings is 2. The molecule has 2 heterocycles. The number of anilines is 2. The van der Waals surface area contributed by atoms with Crippen LogP contribution in [0.25, 0.3) is 11.1 Å². The summed E-state index contributed by atoms with van der Waals surface area (Å²) in [6, 6.07) is 7.36. The summed E-state index contributed by atoms with van der Waals surface area (Å²) in [5, 5.41) is 13.4. The predicted molar refractivity (Wildman–Crippen MR) is 108 cm³/mol. The topological polar surface area (TPSA) is 98.6 Å². The second-order valence-corrected chi connectivity index (χ2v) is 7.82. The van der Waals surface area contributed by atoms with Gasteiger partial charge < -0.3 is 19.7 Å². The Labute approximate surface area is 178 Å². The zero-order valence-corrected chi connectivity index (χ0v) is 16.6. The van der Waals surface area contributed by atoms with E-state index in [1.807, 2.05) is 0 Å². The Kier molecular flexibility index (Phi) is 5.45. The number of aromatic nitrogens is 1. The van der Waals surface area contributed by atoms with Gasteiger partial charge >= 0.3 is 11.9 Å². The number of carbonyl (C=O) groups excluding carboxylic acids is 1. The van der Waals surface area contributed by atoms with E-state index in [-0.39, 0.29) is 43.6 Å². The molecule has 0 spiro atoms. The van der Waals surface area contributed by atoms with Crippen molar-refractivity contribution in [2.24, 2.45) is 0 Å². The van der Waals surface area contributed by atoms with E-state index in [9.17, 15) is 32.3 Å². The van der Waals surface area contributed by atoms with Crippen LogP contribution in [0.1, 0.15) is 24.8 Å². The first-order valence-electron chi connectivity index (χ1n) is 9.79. The number of alkyl halides is 3. The van der Waals surface area contributed by atoms with Gasteiger partial charge in [0.05, 0.1) is 23.1 Å². The number of aliphatic hydroxyl groups is 1. The molecular weight excluding hydrogens is 434 g/mol. The molecule has 1 aliphatic heterocycles. The van der Waals surface area contributed by atoms with Crippen LogP contribution >= 0.6 is 0 Å². The maximum atomic E-state index is 13.9. The molecule has 7 nitrogen and oxygen atoms in total. The molecule has 1 amide bonds. The molecule has 0 radical (unpaired) electrons. The Morgan fingerprint density at radius 2 is 1.91 bits per heavy atom. The third-order valence-electron chi connectivity index (χ3n) is 5.51. The monoisotopic (exact) mass is 453 g/mol. The summed E-state index contributed by atoms with van der Waals surface area (Å²) in [4.78, 5) is 27.8. The molecule has 0 atom stereocenters. The molecule has 0 saturated carbocycles. The van der Waals surface area contributed by atoms with Gasteiger partial charge in [-0.15, -0.1) is 0 Å². The first-order chi connectivity index (χ1) is 15.0. The number of carbonyl (C=O) groups is 1. The molecule has 0 unspecified atom stereocenters. The number of nitrogens with zero attached hydrogens (tertiary/aromatic N) is 1. The summed E-state index contributed by atoms with van der Waals surface area (Å²) in [6.45, 7) is 0.490. The lowest BCUT2D eigenvalue weighted by Crippen LogP contribution is -2.46. The molecular formula is C21H19F4N3O4. The number of H-pyrrole nitrogens is 1. The van der Waals surface area contributed by atoms with Crippen LogP contribution in [0, 0.1) is 5.82 Å². The van der Waals surface area contributed by atoms with Crippen molar-refractivity contribution in [1.82, 2.24) is 4.98 Å². The fraction of sp³-hybridized carbons (Fsp3) is 0.333. The highest BCUT2D eigenvalue weighted by Gasteiger charge is 2.36. The van der Waals surface area contributed by atoms with E-state index in [0.29, 0.717) is 17.3 Å². The van der Waals surface area contributed by atoms with Crippen LogP contribution in [0.2, 0.25) is 0 Å². The van der Waals surface area contributed by atoms with E-state index in [1.54, 1.807) is 17.0 Å². The number of oxazole rings is 1. The van der Waals surface area contributed by atoms with Crippen molar-refractivity contribution in [3.05, 3.63) is 58.3 Å². The van der Waals surface area contributed by atoms with Crippen molar-refractivity contribution in [3.8, 4) is 0 Å². The van der Waals surface area contributed by atoms with Gasteiger partial charge in [0.1, 0.15) is 5.82 Å². The summed E-state index contributed by atoms with van der Waals surface area (Å²) in [5.41, 5.74) is -1.20. The molecule has 170 valence electrons. The van der Waals surface area contributed by atoms with Crippen molar-refractivity contribution in [2.45, 2.75) is 31.0 Å². The average Bonchev–Trinajstić information content (AvgIpc) is 3.06. The lowest BCUT2D eigenvalue weighted by atomic mass is 9.87. The van der Waals surface area contributed by atoms with Crippen LogP contribution in [0.15, 0.2) is 45.6 Å². The number of piperidine rings is 1. The highest BCUT2D eigenvalue weighted by Crippen LogP contribution is 2.35. The maximum absolute atomic E-state index is 13.9. The van der Waals surface area contributed by atoms with Crippen LogP contribution in [0.5, 0.6) is 0 Å². The highest BCUT2D eigenvalue weighted by molar-refractivity contribution is 5.93. The minimum absolute atomic E-state index is 0.175. The Morgan fingerprint density at radius 3 is 2.56 bits per heavy atom. The lowest BCUT2D eigenvalue weighted by molar-refractivity contribution is -0.140. The summed E-state index contributed by atoms with van der Waals surface area (Å²) in [5.74, 6) is -2.42. The average molecular weight is 453 g/mol. The third-order valence-corrected chi connectivity index (χ3v) is 5.51. The van der Waals surface area contributed by atoms with Crippen molar-refractivity contribution in [2.75, 3.05) is 23.3 Å². The van der Waals surface area contributed by atoms with E-state index in [2.05, 4.69) is 10.3 Å². The molecule has 4 rings (SSSR count). The SMILES string of the molecule is O=C(CC1(O)CCN(c2ccc(C(F)(F)F)c(F)c2)CC1)Nc1ccc2[nH]c(=O)oc2c1. The zero-order valence-electron chi connectivity index (χ0n) is 16.6. The number of aromatic amines is 1. The molecule has 3 N–H and O–H groups in total. The van der Waals surface area contributed by atoms with E-state index >= 15 is 0 Å². The molecule has 0 aliphatic carbocycles. The zero-order chi connectivity index (χ0) is 23.1. The minimum Gasteiger partial charge on any atom is -0.408 e. The maximum Gasteiger partial charge on any atom is 0.419 e.